The Balaban J connectivity index is 2.00. The normalized spacial score (nSPS) is 11.0. The maximum atomic E-state index is 12.6. The van der Waals surface area contributed by atoms with Crippen LogP contribution in [-0.2, 0) is 0 Å². The maximum absolute atomic E-state index is 12.6. The van der Waals surface area contributed by atoms with E-state index in [0.717, 1.165) is 30.4 Å². The first-order chi connectivity index (χ1) is 14.2. The minimum absolute atomic E-state index is 0.263. The van der Waals surface area contributed by atoms with Crippen LogP contribution in [0.1, 0.15) is 78.1 Å². The molecule has 0 radical (unpaired) electrons. The Bertz CT molecular complexity index is 784. The molecule has 0 aliphatic carbocycles. The molecule has 1 aromatic carbocycles. The van der Waals surface area contributed by atoms with Crippen molar-refractivity contribution in [2.45, 2.75) is 78.1 Å². The number of fused-ring (bicyclic) bond motifs is 1. The second kappa shape index (κ2) is 13.1. The average Bonchev–Trinajstić information content (AvgIpc) is 2.72. The quantitative estimate of drug-likeness (QED) is 0.358. The number of H-pyrrole nitrogens is 1. The first-order valence-electron chi connectivity index (χ1n) is 11.2. The van der Waals surface area contributed by atoms with E-state index in [1.54, 1.807) is 7.11 Å². The van der Waals surface area contributed by atoms with Crippen molar-refractivity contribution in [3.63, 3.8) is 0 Å². The number of rotatable bonds is 15. The first kappa shape index (κ1) is 23.1. The third-order valence-electron chi connectivity index (χ3n) is 5.11. The molecule has 5 nitrogen and oxygen atoms in total. The van der Waals surface area contributed by atoms with Crippen molar-refractivity contribution >= 4 is 10.9 Å². The molecule has 2 rings (SSSR count). The van der Waals surface area contributed by atoms with Crippen molar-refractivity contribution in [1.29, 1.82) is 0 Å². The third-order valence-corrected chi connectivity index (χ3v) is 5.11. The zero-order valence-electron chi connectivity index (χ0n) is 18.4. The SMILES string of the molecule is CCCCCCCCOc1c(OC)c2ccc(OCCCCCC)cc2[nH]c1=O. The van der Waals surface area contributed by atoms with Crippen molar-refractivity contribution in [1.82, 2.24) is 4.98 Å². The van der Waals surface area contributed by atoms with Crippen LogP contribution in [0, 0.1) is 0 Å². The van der Waals surface area contributed by atoms with E-state index in [1.807, 2.05) is 18.2 Å². The maximum Gasteiger partial charge on any atom is 0.294 e. The topological polar surface area (TPSA) is 60.6 Å². The van der Waals surface area contributed by atoms with Gasteiger partial charge in [0.25, 0.3) is 5.56 Å². The molecular weight excluding hydrogens is 366 g/mol. The monoisotopic (exact) mass is 403 g/mol. The largest absolute Gasteiger partial charge is 0.494 e. The van der Waals surface area contributed by atoms with Gasteiger partial charge in [-0.2, -0.15) is 0 Å². The number of methoxy groups -OCH3 is 1. The lowest BCUT2D eigenvalue weighted by atomic mass is 10.1. The summed E-state index contributed by atoms with van der Waals surface area (Å²) in [5.41, 5.74) is 0.435. The van der Waals surface area contributed by atoms with E-state index in [1.165, 1.54) is 44.9 Å². The van der Waals surface area contributed by atoms with E-state index >= 15 is 0 Å². The predicted molar refractivity (Wildman–Crippen MR) is 120 cm³/mol. The number of unbranched alkanes of at least 4 members (excludes halogenated alkanes) is 8. The number of aromatic nitrogens is 1. The van der Waals surface area contributed by atoms with Crippen LogP contribution in [-0.4, -0.2) is 25.3 Å². The molecular formula is C24H37NO4. The van der Waals surface area contributed by atoms with Crippen LogP contribution in [0.4, 0.5) is 0 Å². The molecule has 1 N–H and O–H groups in total. The molecule has 5 heteroatoms. The van der Waals surface area contributed by atoms with Crippen LogP contribution in [0.15, 0.2) is 23.0 Å². The van der Waals surface area contributed by atoms with Gasteiger partial charge in [-0.25, -0.2) is 0 Å². The fourth-order valence-corrected chi connectivity index (χ4v) is 3.43. The van der Waals surface area contributed by atoms with Gasteiger partial charge in [-0.15, -0.1) is 0 Å². The molecule has 1 heterocycles. The fraction of sp³-hybridized carbons (Fsp3) is 0.625. The minimum Gasteiger partial charge on any atom is -0.494 e. The molecule has 0 saturated heterocycles. The smallest absolute Gasteiger partial charge is 0.294 e. The Hall–Kier alpha value is -2.17. The van der Waals surface area contributed by atoms with Crippen molar-refractivity contribution in [3.8, 4) is 17.2 Å². The summed E-state index contributed by atoms with van der Waals surface area (Å²) < 4.78 is 17.2. The molecule has 0 atom stereocenters. The van der Waals surface area contributed by atoms with E-state index in [-0.39, 0.29) is 11.3 Å². The highest BCUT2D eigenvalue weighted by molar-refractivity contribution is 5.88. The van der Waals surface area contributed by atoms with Gasteiger partial charge in [0.15, 0.2) is 5.75 Å². The second-order valence-corrected chi connectivity index (χ2v) is 7.55. The standard InChI is InChI=1S/C24H37NO4/c1-4-6-8-10-11-13-17-29-23-22(27-3)20-15-14-19(18-21(20)25-24(23)26)28-16-12-9-7-5-2/h14-15,18H,4-13,16-17H2,1-3H3,(H,25,26). The molecule has 29 heavy (non-hydrogen) atoms. The van der Waals surface area contributed by atoms with Gasteiger partial charge in [0, 0.05) is 11.5 Å². The number of benzene rings is 1. The van der Waals surface area contributed by atoms with E-state index in [0.29, 0.717) is 24.5 Å². The van der Waals surface area contributed by atoms with Gasteiger partial charge in [0.05, 0.1) is 25.8 Å². The lowest BCUT2D eigenvalue weighted by molar-refractivity contribution is 0.282. The summed E-state index contributed by atoms with van der Waals surface area (Å²) >= 11 is 0. The average molecular weight is 404 g/mol. The van der Waals surface area contributed by atoms with Crippen LogP contribution in [0.5, 0.6) is 17.2 Å². The lowest BCUT2D eigenvalue weighted by Gasteiger charge is -2.13. The van der Waals surface area contributed by atoms with Crippen molar-refractivity contribution in [2.75, 3.05) is 20.3 Å². The molecule has 2 aromatic rings. The summed E-state index contributed by atoms with van der Waals surface area (Å²) in [5.74, 6) is 1.51. The summed E-state index contributed by atoms with van der Waals surface area (Å²) in [7, 11) is 1.57. The summed E-state index contributed by atoms with van der Waals surface area (Å²) in [6, 6.07) is 5.69. The van der Waals surface area contributed by atoms with E-state index in [9.17, 15) is 4.79 Å². The molecule has 0 aliphatic heterocycles. The number of nitrogens with one attached hydrogen (secondary N) is 1. The highest BCUT2D eigenvalue weighted by Crippen LogP contribution is 2.33. The van der Waals surface area contributed by atoms with E-state index < -0.39 is 0 Å². The Morgan fingerprint density at radius 2 is 1.41 bits per heavy atom. The van der Waals surface area contributed by atoms with Crippen molar-refractivity contribution in [3.05, 3.63) is 28.6 Å². The van der Waals surface area contributed by atoms with Crippen LogP contribution in [0.2, 0.25) is 0 Å². The van der Waals surface area contributed by atoms with Gasteiger partial charge in [-0.05, 0) is 25.0 Å². The third kappa shape index (κ3) is 7.30. The number of ether oxygens (including phenoxy) is 3. The van der Waals surface area contributed by atoms with E-state index in [4.69, 9.17) is 14.2 Å². The Kier molecular flexibility index (Phi) is 10.5. The summed E-state index contributed by atoms with van der Waals surface area (Å²) in [4.78, 5) is 15.5. The van der Waals surface area contributed by atoms with Crippen LogP contribution < -0.4 is 19.8 Å². The van der Waals surface area contributed by atoms with Crippen LogP contribution >= 0.6 is 0 Å². The molecule has 0 fully saturated rings. The van der Waals surface area contributed by atoms with Crippen molar-refractivity contribution < 1.29 is 14.2 Å². The van der Waals surface area contributed by atoms with E-state index in [2.05, 4.69) is 18.8 Å². The Morgan fingerprint density at radius 3 is 2.10 bits per heavy atom. The zero-order chi connectivity index (χ0) is 20.9. The summed E-state index contributed by atoms with van der Waals surface area (Å²) in [6.45, 7) is 5.62. The molecule has 0 aliphatic rings. The summed E-state index contributed by atoms with van der Waals surface area (Å²) in [6.07, 6.45) is 11.7. The molecule has 0 bridgehead atoms. The number of hydrogen-bond acceptors (Lipinski definition) is 4. The number of hydrogen-bond donors (Lipinski definition) is 1. The van der Waals surface area contributed by atoms with Crippen LogP contribution in [0.3, 0.4) is 0 Å². The zero-order valence-corrected chi connectivity index (χ0v) is 18.4. The molecule has 0 unspecified atom stereocenters. The minimum atomic E-state index is -0.263. The highest BCUT2D eigenvalue weighted by Gasteiger charge is 2.15. The van der Waals surface area contributed by atoms with Gasteiger partial charge >= 0.3 is 0 Å². The van der Waals surface area contributed by atoms with Gasteiger partial charge in [-0.3, -0.25) is 4.79 Å². The molecule has 0 spiro atoms. The number of aromatic amines is 1. The van der Waals surface area contributed by atoms with Crippen LogP contribution in [0.25, 0.3) is 10.9 Å². The van der Waals surface area contributed by atoms with Gasteiger partial charge < -0.3 is 19.2 Å². The predicted octanol–water partition coefficient (Wildman–Crippen LogP) is 6.24. The van der Waals surface area contributed by atoms with Gasteiger partial charge in [-0.1, -0.05) is 65.2 Å². The fourth-order valence-electron chi connectivity index (χ4n) is 3.43. The summed E-state index contributed by atoms with van der Waals surface area (Å²) in [5, 5.41) is 0.823. The number of pyridine rings is 1. The van der Waals surface area contributed by atoms with Gasteiger partial charge in [0.2, 0.25) is 5.75 Å². The Labute approximate surface area is 174 Å². The molecule has 1 aromatic heterocycles. The van der Waals surface area contributed by atoms with Gasteiger partial charge in [0.1, 0.15) is 5.75 Å². The first-order valence-corrected chi connectivity index (χ1v) is 11.2. The molecule has 162 valence electrons. The highest BCUT2D eigenvalue weighted by atomic mass is 16.5. The lowest BCUT2D eigenvalue weighted by Crippen LogP contribution is -2.14. The molecule has 0 saturated carbocycles. The molecule has 0 amide bonds. The Morgan fingerprint density at radius 1 is 0.793 bits per heavy atom. The van der Waals surface area contributed by atoms with Crippen molar-refractivity contribution in [2.24, 2.45) is 0 Å². The second-order valence-electron chi connectivity index (χ2n) is 7.55.